The summed E-state index contributed by atoms with van der Waals surface area (Å²) in [6.07, 6.45) is 3.11. The van der Waals surface area contributed by atoms with Crippen LogP contribution in [-0.2, 0) is 9.53 Å². The van der Waals surface area contributed by atoms with E-state index in [4.69, 9.17) is 18.9 Å². The highest BCUT2D eigenvalue weighted by Crippen LogP contribution is 2.33. The predicted molar refractivity (Wildman–Crippen MR) is 143 cm³/mol. The summed E-state index contributed by atoms with van der Waals surface area (Å²) in [5, 5.41) is 2.13. The molecule has 5 heteroatoms. The van der Waals surface area contributed by atoms with Crippen molar-refractivity contribution < 1.29 is 18.7 Å². The molecule has 182 valence electrons. The Morgan fingerprint density at radius 3 is 2.61 bits per heavy atom. The number of hydrogen-bond donors (Lipinski definition) is 0. The van der Waals surface area contributed by atoms with Crippen LogP contribution in [0.3, 0.4) is 0 Å². The molecule has 1 heterocycles. The van der Waals surface area contributed by atoms with Gasteiger partial charge in [0.1, 0.15) is 11.3 Å². The minimum Gasteiger partial charge on any atom is -0.494 e. The first-order valence-corrected chi connectivity index (χ1v) is 12.5. The Morgan fingerprint density at radius 2 is 1.75 bits per heavy atom. The number of aromatic nitrogens is 1. The maximum absolute atomic E-state index is 11.4. The molecule has 0 saturated carbocycles. The average Bonchev–Trinajstić information content (AvgIpc) is 3.34. The molecule has 0 unspecified atom stereocenters. The molecule has 5 rings (SSSR count). The summed E-state index contributed by atoms with van der Waals surface area (Å²) in [5.74, 6) is 1.31. The van der Waals surface area contributed by atoms with E-state index >= 15 is 0 Å². The first-order chi connectivity index (χ1) is 17.7. The van der Waals surface area contributed by atoms with Crippen molar-refractivity contribution >= 4 is 27.8 Å². The van der Waals surface area contributed by atoms with E-state index in [2.05, 4.69) is 36.4 Å². The fourth-order valence-electron chi connectivity index (χ4n) is 4.36. The summed E-state index contributed by atoms with van der Waals surface area (Å²) < 4.78 is 17.1. The van der Waals surface area contributed by atoms with Crippen LogP contribution in [-0.4, -0.2) is 24.2 Å². The SMILES string of the molecule is CCOC(=O)CCCCCOc1ccc2c(-c3nc4cc(-c5ccccc5)ccc4o3)cccc2c1. The summed E-state index contributed by atoms with van der Waals surface area (Å²) in [6, 6.07) is 28.6. The lowest BCUT2D eigenvalue weighted by atomic mass is 10.0. The van der Waals surface area contributed by atoms with Gasteiger partial charge in [-0.15, -0.1) is 0 Å². The molecule has 0 N–H and O–H groups in total. The van der Waals surface area contributed by atoms with Gasteiger partial charge in [-0.2, -0.15) is 0 Å². The Kier molecular flexibility index (Phi) is 7.27. The zero-order valence-electron chi connectivity index (χ0n) is 20.4. The summed E-state index contributed by atoms with van der Waals surface area (Å²) in [7, 11) is 0. The van der Waals surface area contributed by atoms with E-state index in [-0.39, 0.29) is 5.97 Å². The van der Waals surface area contributed by atoms with Gasteiger partial charge in [-0.25, -0.2) is 4.98 Å². The fourth-order valence-corrected chi connectivity index (χ4v) is 4.36. The Bertz CT molecular complexity index is 1470. The number of unbranched alkanes of at least 4 members (excludes halogenated alkanes) is 2. The number of rotatable bonds is 10. The molecule has 0 spiro atoms. The van der Waals surface area contributed by atoms with Gasteiger partial charge in [-0.05, 0) is 84.5 Å². The van der Waals surface area contributed by atoms with E-state index < -0.39 is 0 Å². The second-order valence-corrected chi connectivity index (χ2v) is 8.72. The number of fused-ring (bicyclic) bond motifs is 2. The highest BCUT2D eigenvalue weighted by atomic mass is 16.5. The molecule has 36 heavy (non-hydrogen) atoms. The van der Waals surface area contributed by atoms with Crippen LogP contribution in [0.1, 0.15) is 32.6 Å². The number of oxazole rings is 1. The summed E-state index contributed by atoms with van der Waals surface area (Å²) in [5.41, 5.74) is 4.83. The molecule has 0 bridgehead atoms. The number of hydrogen-bond acceptors (Lipinski definition) is 5. The molecule has 0 radical (unpaired) electrons. The van der Waals surface area contributed by atoms with Gasteiger partial charge >= 0.3 is 5.97 Å². The van der Waals surface area contributed by atoms with Crippen molar-refractivity contribution in [3.05, 3.63) is 84.9 Å². The Hall–Kier alpha value is -4.12. The Morgan fingerprint density at radius 1 is 0.861 bits per heavy atom. The van der Waals surface area contributed by atoms with Crippen LogP contribution in [0, 0.1) is 0 Å². The van der Waals surface area contributed by atoms with Crippen LogP contribution in [0.2, 0.25) is 0 Å². The van der Waals surface area contributed by atoms with Crippen LogP contribution in [0.5, 0.6) is 5.75 Å². The van der Waals surface area contributed by atoms with Crippen molar-refractivity contribution in [2.24, 2.45) is 0 Å². The lowest BCUT2D eigenvalue weighted by molar-refractivity contribution is -0.143. The van der Waals surface area contributed by atoms with Crippen molar-refractivity contribution in [1.82, 2.24) is 4.98 Å². The number of ether oxygens (including phenoxy) is 2. The van der Waals surface area contributed by atoms with Gasteiger partial charge in [0.15, 0.2) is 5.58 Å². The van der Waals surface area contributed by atoms with Gasteiger partial charge in [0.2, 0.25) is 5.89 Å². The quantitative estimate of drug-likeness (QED) is 0.151. The number of carbonyl (C=O) groups is 1. The second-order valence-electron chi connectivity index (χ2n) is 8.72. The first kappa shape index (κ1) is 23.6. The van der Waals surface area contributed by atoms with Crippen LogP contribution in [0.4, 0.5) is 0 Å². The number of carbonyl (C=O) groups excluding carboxylic acids is 1. The standard InChI is InChI=1S/C31H29NO4/c1-2-34-30(33)14-7-4-8-19-35-25-16-17-26-24(20-25)12-9-13-27(26)31-32-28-21-23(15-18-29(28)36-31)22-10-5-3-6-11-22/h3,5-6,9-13,15-18,20-21H,2,4,7-8,14,19H2,1H3. The van der Waals surface area contributed by atoms with Gasteiger partial charge < -0.3 is 13.9 Å². The van der Waals surface area contributed by atoms with Crippen molar-refractivity contribution in [1.29, 1.82) is 0 Å². The molecule has 0 fully saturated rings. The first-order valence-electron chi connectivity index (χ1n) is 12.5. The van der Waals surface area contributed by atoms with E-state index in [9.17, 15) is 4.79 Å². The van der Waals surface area contributed by atoms with E-state index in [1.165, 1.54) is 0 Å². The fraction of sp³-hybridized carbons (Fsp3) is 0.226. The third kappa shape index (κ3) is 5.41. The monoisotopic (exact) mass is 479 g/mol. The molecule has 0 saturated heterocycles. The molecule has 0 aliphatic carbocycles. The minimum absolute atomic E-state index is 0.126. The number of benzene rings is 4. The topological polar surface area (TPSA) is 61.6 Å². The van der Waals surface area contributed by atoms with E-state index in [0.717, 1.165) is 63.6 Å². The normalized spacial score (nSPS) is 11.1. The van der Waals surface area contributed by atoms with Crippen LogP contribution in [0.15, 0.2) is 89.3 Å². The molecule has 0 aliphatic heterocycles. The zero-order valence-corrected chi connectivity index (χ0v) is 20.4. The lowest BCUT2D eigenvalue weighted by Crippen LogP contribution is -2.04. The van der Waals surface area contributed by atoms with Crippen LogP contribution < -0.4 is 4.74 Å². The van der Waals surface area contributed by atoms with Crippen molar-refractivity contribution in [2.75, 3.05) is 13.2 Å². The van der Waals surface area contributed by atoms with Gasteiger partial charge in [0.25, 0.3) is 0 Å². The summed E-state index contributed by atoms with van der Waals surface area (Å²) in [6.45, 7) is 2.88. The highest BCUT2D eigenvalue weighted by Gasteiger charge is 2.13. The Labute approximate surface area is 210 Å². The van der Waals surface area contributed by atoms with Gasteiger partial charge in [-0.1, -0.05) is 48.5 Å². The number of esters is 1. The van der Waals surface area contributed by atoms with Gasteiger partial charge in [-0.3, -0.25) is 4.79 Å². The highest BCUT2D eigenvalue weighted by molar-refractivity contribution is 5.96. The smallest absolute Gasteiger partial charge is 0.305 e. The zero-order chi connectivity index (χ0) is 24.7. The molecule has 0 atom stereocenters. The van der Waals surface area contributed by atoms with E-state index in [1.54, 1.807) is 0 Å². The predicted octanol–water partition coefficient (Wildman–Crippen LogP) is 7.82. The molecule has 5 nitrogen and oxygen atoms in total. The Balaban J connectivity index is 1.28. The van der Waals surface area contributed by atoms with Crippen LogP contribution in [0.25, 0.3) is 44.5 Å². The minimum atomic E-state index is -0.126. The molecule has 0 amide bonds. The maximum atomic E-state index is 11.4. The largest absolute Gasteiger partial charge is 0.494 e. The summed E-state index contributed by atoms with van der Waals surface area (Å²) >= 11 is 0. The van der Waals surface area contributed by atoms with E-state index in [1.807, 2.05) is 55.5 Å². The molecule has 4 aromatic carbocycles. The molecular formula is C31H29NO4. The summed E-state index contributed by atoms with van der Waals surface area (Å²) in [4.78, 5) is 16.2. The third-order valence-corrected chi connectivity index (χ3v) is 6.18. The number of nitrogens with zero attached hydrogens (tertiary/aromatic N) is 1. The lowest BCUT2D eigenvalue weighted by Gasteiger charge is -2.09. The van der Waals surface area contributed by atoms with E-state index in [0.29, 0.717) is 25.5 Å². The van der Waals surface area contributed by atoms with Crippen molar-refractivity contribution in [3.63, 3.8) is 0 Å². The van der Waals surface area contributed by atoms with Crippen molar-refractivity contribution in [3.8, 4) is 28.3 Å². The molecule has 1 aromatic heterocycles. The van der Waals surface area contributed by atoms with Crippen molar-refractivity contribution in [2.45, 2.75) is 32.6 Å². The molecular weight excluding hydrogens is 450 g/mol. The maximum Gasteiger partial charge on any atom is 0.305 e. The second kappa shape index (κ2) is 11.1. The average molecular weight is 480 g/mol. The molecule has 0 aliphatic rings. The van der Waals surface area contributed by atoms with Crippen LogP contribution >= 0.6 is 0 Å². The van der Waals surface area contributed by atoms with Gasteiger partial charge in [0, 0.05) is 12.0 Å². The third-order valence-electron chi connectivity index (χ3n) is 6.18. The molecule has 5 aromatic rings. The van der Waals surface area contributed by atoms with Gasteiger partial charge in [0.05, 0.1) is 13.2 Å².